The van der Waals surface area contributed by atoms with Gasteiger partial charge in [0.25, 0.3) is 0 Å². The van der Waals surface area contributed by atoms with Crippen LogP contribution in [0.2, 0.25) is 0 Å². The van der Waals surface area contributed by atoms with E-state index in [0.717, 1.165) is 5.57 Å². The van der Waals surface area contributed by atoms with Crippen molar-refractivity contribution in [2.75, 3.05) is 12.4 Å². The molecule has 0 heterocycles. The summed E-state index contributed by atoms with van der Waals surface area (Å²) in [5.41, 5.74) is 8.49. The predicted molar refractivity (Wildman–Crippen MR) is 157 cm³/mol. The number of hydrogen-bond donors (Lipinski definition) is 1. The van der Waals surface area contributed by atoms with Gasteiger partial charge in [-0.15, -0.1) is 0 Å². The highest BCUT2D eigenvalue weighted by Crippen LogP contribution is 2.21. The molecule has 0 bridgehead atoms. The first-order chi connectivity index (χ1) is 16.0. The van der Waals surface area contributed by atoms with E-state index >= 15 is 0 Å². The molecule has 0 aliphatic carbocycles. The second-order valence-electron chi connectivity index (χ2n) is 6.33. The van der Waals surface area contributed by atoms with Crippen LogP contribution in [-0.4, -0.2) is 7.05 Å². The summed E-state index contributed by atoms with van der Waals surface area (Å²) in [5, 5.41) is 3.05. The van der Waals surface area contributed by atoms with E-state index < -0.39 is 0 Å². The molecule has 1 N–H and O–H groups in total. The van der Waals surface area contributed by atoms with Crippen molar-refractivity contribution in [1.82, 2.24) is 0 Å². The van der Waals surface area contributed by atoms with E-state index in [4.69, 9.17) is 0 Å². The van der Waals surface area contributed by atoms with Crippen molar-refractivity contribution >= 4 is 11.3 Å². The highest BCUT2D eigenvalue weighted by molar-refractivity contribution is 5.78. The van der Waals surface area contributed by atoms with Gasteiger partial charge < -0.3 is 5.32 Å². The van der Waals surface area contributed by atoms with Crippen molar-refractivity contribution < 1.29 is 0 Å². The molecule has 0 saturated carbocycles. The Bertz CT molecular complexity index is 747. The monoisotopic (exact) mass is 449 g/mol. The molecule has 1 nitrogen and oxygen atoms in total. The van der Waals surface area contributed by atoms with Gasteiger partial charge in [0.15, 0.2) is 0 Å². The summed E-state index contributed by atoms with van der Waals surface area (Å²) in [7, 11) is 1.92. The molecule has 3 aromatic carbocycles. The van der Waals surface area contributed by atoms with Crippen LogP contribution in [0.25, 0.3) is 5.57 Å². The Morgan fingerprint density at radius 3 is 0.970 bits per heavy atom. The SMILES string of the molecule is C=C(c1ccc(C)cc1)c1ccc(C)cc1.CC.CC.CC.CC.CNc1ccc(C)cc1. The molecule has 184 valence electrons. The van der Waals surface area contributed by atoms with E-state index in [0.29, 0.717) is 0 Å². The fourth-order valence-corrected chi connectivity index (χ4v) is 2.40. The largest absolute Gasteiger partial charge is 0.388 e. The number of aryl methyl sites for hydroxylation is 3. The Morgan fingerprint density at radius 1 is 0.485 bits per heavy atom. The van der Waals surface area contributed by atoms with Gasteiger partial charge in [-0.2, -0.15) is 0 Å². The molecule has 0 aliphatic rings. The molecule has 0 unspecified atom stereocenters. The number of nitrogens with one attached hydrogen (secondary N) is 1. The Balaban J connectivity index is -0.000000451. The van der Waals surface area contributed by atoms with Gasteiger partial charge >= 0.3 is 0 Å². The molecule has 0 radical (unpaired) electrons. The van der Waals surface area contributed by atoms with Crippen molar-refractivity contribution in [3.63, 3.8) is 0 Å². The van der Waals surface area contributed by atoms with Gasteiger partial charge in [0.05, 0.1) is 0 Å². The van der Waals surface area contributed by atoms with Crippen LogP contribution in [-0.2, 0) is 0 Å². The molecule has 0 atom stereocenters. The zero-order chi connectivity index (χ0) is 26.2. The van der Waals surface area contributed by atoms with Crippen LogP contribution < -0.4 is 5.32 Å². The van der Waals surface area contributed by atoms with E-state index in [1.165, 1.54) is 33.5 Å². The van der Waals surface area contributed by atoms with Gasteiger partial charge in [0.2, 0.25) is 0 Å². The van der Waals surface area contributed by atoms with E-state index in [1.807, 2.05) is 62.4 Å². The molecule has 0 aromatic heterocycles. The van der Waals surface area contributed by atoms with Crippen molar-refractivity contribution in [1.29, 1.82) is 0 Å². The van der Waals surface area contributed by atoms with Crippen LogP contribution in [0.5, 0.6) is 0 Å². The van der Waals surface area contributed by atoms with Crippen LogP contribution in [0.15, 0.2) is 79.4 Å². The Morgan fingerprint density at radius 2 is 0.727 bits per heavy atom. The molecule has 0 fully saturated rings. The van der Waals surface area contributed by atoms with Crippen molar-refractivity contribution in [3.8, 4) is 0 Å². The third-order valence-electron chi connectivity index (χ3n) is 4.14. The van der Waals surface area contributed by atoms with E-state index in [9.17, 15) is 0 Å². The number of anilines is 1. The fourth-order valence-electron chi connectivity index (χ4n) is 2.40. The normalized spacial score (nSPS) is 8.12. The maximum Gasteiger partial charge on any atom is 0.0337 e. The Kier molecular flexibility index (Phi) is 25.2. The zero-order valence-corrected chi connectivity index (χ0v) is 23.6. The minimum Gasteiger partial charge on any atom is -0.388 e. The minimum atomic E-state index is 1.08. The summed E-state index contributed by atoms with van der Waals surface area (Å²) in [6.07, 6.45) is 0. The lowest BCUT2D eigenvalue weighted by Crippen LogP contribution is -1.86. The van der Waals surface area contributed by atoms with Gasteiger partial charge in [0.1, 0.15) is 0 Å². The predicted octanol–water partition coefficient (Wildman–Crippen LogP) is 10.5. The van der Waals surface area contributed by atoms with Crippen molar-refractivity contribution in [3.05, 3.63) is 107 Å². The molecule has 0 saturated heterocycles. The second kappa shape index (κ2) is 23.9. The summed E-state index contributed by atoms with van der Waals surface area (Å²) in [6.45, 7) is 26.4. The minimum absolute atomic E-state index is 1.08. The molecule has 0 amide bonds. The fraction of sp³-hybridized carbons (Fsp3) is 0.375. The van der Waals surface area contributed by atoms with Gasteiger partial charge in [-0.25, -0.2) is 0 Å². The summed E-state index contributed by atoms with van der Waals surface area (Å²) in [6, 6.07) is 25.3. The van der Waals surface area contributed by atoms with Gasteiger partial charge in [0, 0.05) is 12.7 Å². The lowest BCUT2D eigenvalue weighted by Gasteiger charge is -2.07. The zero-order valence-electron chi connectivity index (χ0n) is 23.6. The van der Waals surface area contributed by atoms with Gasteiger partial charge in [-0.3, -0.25) is 0 Å². The molecule has 0 aliphatic heterocycles. The molecule has 33 heavy (non-hydrogen) atoms. The van der Waals surface area contributed by atoms with Gasteiger partial charge in [-0.05, 0) is 49.6 Å². The van der Waals surface area contributed by atoms with E-state index in [2.05, 4.69) is 105 Å². The van der Waals surface area contributed by atoms with Crippen LogP contribution in [0.3, 0.4) is 0 Å². The number of hydrogen-bond acceptors (Lipinski definition) is 1. The number of benzene rings is 3. The van der Waals surface area contributed by atoms with Crippen molar-refractivity contribution in [2.24, 2.45) is 0 Å². The first-order valence-electron chi connectivity index (χ1n) is 12.6. The van der Waals surface area contributed by atoms with Crippen LogP contribution >= 0.6 is 0 Å². The third kappa shape index (κ3) is 15.6. The van der Waals surface area contributed by atoms with E-state index in [1.54, 1.807) is 0 Å². The van der Waals surface area contributed by atoms with E-state index in [-0.39, 0.29) is 0 Å². The highest BCUT2D eigenvalue weighted by Gasteiger charge is 2.01. The highest BCUT2D eigenvalue weighted by atomic mass is 14.8. The molecular formula is C32H51N. The standard InChI is InChI=1S/C16H16.C8H11N.4C2H6/c1-12-4-8-15(9-5-12)14(3)16-10-6-13(2)7-11-16;1-7-3-5-8(9-2)6-4-7;4*1-2/h4-11H,3H2,1-2H3;3-6,9H,1-2H3;4*1-2H3. The Hall–Kier alpha value is -2.80. The molecule has 0 spiro atoms. The topological polar surface area (TPSA) is 12.0 Å². The Labute approximate surface area is 207 Å². The molecule has 1 heteroatoms. The summed E-state index contributed by atoms with van der Waals surface area (Å²) in [5.74, 6) is 0. The van der Waals surface area contributed by atoms with Gasteiger partial charge in [-0.1, -0.05) is 139 Å². The molecule has 3 aromatic rings. The average molecular weight is 450 g/mol. The summed E-state index contributed by atoms with van der Waals surface area (Å²) in [4.78, 5) is 0. The lowest BCUT2D eigenvalue weighted by atomic mass is 9.98. The first kappa shape index (κ1) is 34.8. The lowest BCUT2D eigenvalue weighted by molar-refractivity contribution is 1.43. The van der Waals surface area contributed by atoms with Crippen LogP contribution in [0.1, 0.15) is 83.2 Å². The average Bonchev–Trinajstić information content (AvgIpc) is 2.90. The second-order valence-corrected chi connectivity index (χ2v) is 6.33. The van der Waals surface area contributed by atoms with Crippen LogP contribution in [0.4, 0.5) is 5.69 Å². The maximum absolute atomic E-state index is 4.15. The quantitative estimate of drug-likeness (QED) is 0.419. The van der Waals surface area contributed by atoms with Crippen LogP contribution in [0, 0.1) is 20.8 Å². The smallest absolute Gasteiger partial charge is 0.0337 e. The number of rotatable bonds is 3. The maximum atomic E-state index is 4.15. The van der Waals surface area contributed by atoms with Crippen molar-refractivity contribution in [2.45, 2.75) is 76.2 Å². The summed E-state index contributed by atoms with van der Waals surface area (Å²) >= 11 is 0. The third-order valence-corrected chi connectivity index (χ3v) is 4.14. The molecule has 3 rings (SSSR count). The first-order valence-corrected chi connectivity index (χ1v) is 12.6. The summed E-state index contributed by atoms with van der Waals surface area (Å²) < 4.78 is 0. The molecular weight excluding hydrogens is 398 g/mol.